The van der Waals surface area contributed by atoms with Gasteiger partial charge in [-0.15, -0.1) is 0 Å². The maximum absolute atomic E-state index is 12.2. The van der Waals surface area contributed by atoms with Crippen LogP contribution in [0.5, 0.6) is 0 Å². The lowest BCUT2D eigenvalue weighted by Gasteiger charge is -2.14. The number of carbonyl (C=O) groups excluding carboxylic acids is 1. The molecule has 0 heterocycles. The lowest BCUT2D eigenvalue weighted by atomic mass is 9.96. The first kappa shape index (κ1) is 20.2. The predicted octanol–water partition coefficient (Wildman–Crippen LogP) is 3.98. The van der Waals surface area contributed by atoms with E-state index in [9.17, 15) is 4.79 Å². The van der Waals surface area contributed by atoms with Gasteiger partial charge in [0.1, 0.15) is 6.61 Å². The van der Waals surface area contributed by atoms with Crippen LogP contribution in [0.25, 0.3) is 5.57 Å². The maximum Gasteiger partial charge on any atom is 0.254 e. The molecule has 142 valence electrons. The first-order valence-electron chi connectivity index (χ1n) is 8.75. The van der Waals surface area contributed by atoms with Gasteiger partial charge in [-0.25, -0.2) is 0 Å². The Morgan fingerprint density at radius 3 is 2.48 bits per heavy atom. The zero-order valence-electron chi connectivity index (χ0n) is 16.5. The number of hydrogen-bond acceptors (Lipinski definition) is 4. The molecule has 0 saturated carbocycles. The lowest BCUT2D eigenvalue weighted by molar-refractivity contribution is -0.115. The van der Waals surface area contributed by atoms with Crippen molar-refractivity contribution >= 4 is 17.2 Å². The van der Waals surface area contributed by atoms with Gasteiger partial charge in [0.25, 0.3) is 5.91 Å². The minimum atomic E-state index is -0.219. The standard InChI is InChI=1S/C22H26N2O3/c1-15-9-11-18(12-10-15)17(3)24-27-14-20-16(2)7-6-8-19(20)21(13-26-5)22(25)23-4/h6-13H,14H2,1-5H3,(H,23,25)/b21-13+,24-17+. The topological polar surface area (TPSA) is 59.9 Å². The monoisotopic (exact) mass is 366 g/mol. The van der Waals surface area contributed by atoms with Crippen LogP contribution in [0, 0.1) is 13.8 Å². The van der Waals surface area contributed by atoms with Crippen LogP contribution in [0.2, 0.25) is 0 Å². The molecule has 0 fully saturated rings. The van der Waals surface area contributed by atoms with Crippen molar-refractivity contribution in [2.45, 2.75) is 27.4 Å². The maximum atomic E-state index is 12.2. The number of rotatable bonds is 7. The zero-order valence-corrected chi connectivity index (χ0v) is 16.5. The molecular weight excluding hydrogens is 340 g/mol. The molecule has 0 aromatic heterocycles. The molecule has 0 aliphatic carbocycles. The SMILES string of the molecule is CNC(=O)/C(=C/OC)c1cccc(C)c1CO/N=C(\C)c1ccc(C)cc1. The molecule has 1 amide bonds. The number of amides is 1. The molecule has 0 aliphatic rings. The molecule has 0 bridgehead atoms. The van der Waals surface area contributed by atoms with E-state index in [4.69, 9.17) is 9.57 Å². The number of carbonyl (C=O) groups is 1. The predicted molar refractivity (Wildman–Crippen MR) is 108 cm³/mol. The number of nitrogens with zero attached hydrogens (tertiary/aromatic N) is 1. The van der Waals surface area contributed by atoms with E-state index < -0.39 is 0 Å². The Kier molecular flexibility index (Phi) is 7.17. The van der Waals surface area contributed by atoms with Gasteiger partial charge in [0, 0.05) is 12.6 Å². The van der Waals surface area contributed by atoms with Gasteiger partial charge in [0.15, 0.2) is 0 Å². The second-order valence-electron chi connectivity index (χ2n) is 6.26. The second kappa shape index (κ2) is 9.57. The molecule has 0 atom stereocenters. The van der Waals surface area contributed by atoms with E-state index in [1.165, 1.54) is 18.9 Å². The molecule has 2 aromatic carbocycles. The van der Waals surface area contributed by atoms with Gasteiger partial charge in [0.05, 0.1) is 24.7 Å². The molecule has 5 nitrogen and oxygen atoms in total. The van der Waals surface area contributed by atoms with Gasteiger partial charge < -0.3 is 14.9 Å². The third kappa shape index (κ3) is 5.20. The summed E-state index contributed by atoms with van der Waals surface area (Å²) < 4.78 is 5.10. The Morgan fingerprint density at radius 2 is 1.85 bits per heavy atom. The van der Waals surface area contributed by atoms with Gasteiger partial charge in [-0.2, -0.15) is 0 Å². The van der Waals surface area contributed by atoms with Crippen molar-refractivity contribution in [3.8, 4) is 0 Å². The van der Waals surface area contributed by atoms with Gasteiger partial charge in [-0.1, -0.05) is 53.2 Å². The highest BCUT2D eigenvalue weighted by molar-refractivity contribution is 6.19. The minimum absolute atomic E-state index is 0.219. The summed E-state index contributed by atoms with van der Waals surface area (Å²) in [6, 6.07) is 13.9. The van der Waals surface area contributed by atoms with E-state index in [-0.39, 0.29) is 12.5 Å². The van der Waals surface area contributed by atoms with Crippen LogP contribution in [0.15, 0.2) is 53.9 Å². The van der Waals surface area contributed by atoms with Crippen molar-refractivity contribution in [3.63, 3.8) is 0 Å². The van der Waals surface area contributed by atoms with Crippen molar-refractivity contribution < 1.29 is 14.4 Å². The van der Waals surface area contributed by atoms with E-state index in [2.05, 4.69) is 10.5 Å². The number of oxime groups is 1. The number of aryl methyl sites for hydroxylation is 2. The van der Waals surface area contributed by atoms with Crippen molar-refractivity contribution in [1.29, 1.82) is 0 Å². The third-order valence-electron chi connectivity index (χ3n) is 4.29. The Balaban J connectivity index is 2.26. The van der Waals surface area contributed by atoms with Crippen LogP contribution in [0.4, 0.5) is 0 Å². The fourth-order valence-electron chi connectivity index (χ4n) is 2.68. The second-order valence-corrected chi connectivity index (χ2v) is 6.26. The highest BCUT2D eigenvalue weighted by Gasteiger charge is 2.17. The third-order valence-corrected chi connectivity index (χ3v) is 4.29. The normalized spacial score (nSPS) is 11.9. The first-order chi connectivity index (χ1) is 13.0. The molecule has 2 rings (SSSR count). The van der Waals surface area contributed by atoms with Crippen LogP contribution in [-0.2, 0) is 21.0 Å². The van der Waals surface area contributed by atoms with E-state index in [0.717, 1.165) is 28.0 Å². The Bertz CT molecular complexity index is 852. The van der Waals surface area contributed by atoms with Crippen molar-refractivity contribution in [2.75, 3.05) is 14.2 Å². The smallest absolute Gasteiger partial charge is 0.254 e. The molecule has 2 aromatic rings. The summed E-state index contributed by atoms with van der Waals surface area (Å²) in [4.78, 5) is 17.9. The Hall–Kier alpha value is -3.08. The molecule has 0 spiro atoms. The summed E-state index contributed by atoms with van der Waals surface area (Å²) >= 11 is 0. The largest absolute Gasteiger partial charge is 0.504 e. The molecule has 0 saturated heterocycles. The molecule has 0 aliphatic heterocycles. The van der Waals surface area contributed by atoms with Crippen LogP contribution in [0.1, 0.15) is 34.7 Å². The van der Waals surface area contributed by atoms with E-state index in [1.807, 2.05) is 63.2 Å². The average Bonchev–Trinajstić information content (AvgIpc) is 2.67. The highest BCUT2D eigenvalue weighted by Crippen LogP contribution is 2.24. The van der Waals surface area contributed by atoms with E-state index in [0.29, 0.717) is 5.57 Å². The van der Waals surface area contributed by atoms with E-state index in [1.54, 1.807) is 7.05 Å². The number of likely N-dealkylation sites (N-methyl/N-ethyl adjacent to an activating group) is 1. The van der Waals surface area contributed by atoms with Crippen LogP contribution in [-0.4, -0.2) is 25.8 Å². The number of ether oxygens (including phenoxy) is 1. The molecule has 27 heavy (non-hydrogen) atoms. The molecule has 0 radical (unpaired) electrons. The molecule has 0 unspecified atom stereocenters. The lowest BCUT2D eigenvalue weighted by Crippen LogP contribution is -2.20. The van der Waals surface area contributed by atoms with Crippen LogP contribution < -0.4 is 5.32 Å². The van der Waals surface area contributed by atoms with Crippen molar-refractivity contribution in [3.05, 3.63) is 76.5 Å². The summed E-state index contributed by atoms with van der Waals surface area (Å²) in [5.74, 6) is -0.219. The number of benzene rings is 2. The van der Waals surface area contributed by atoms with Crippen LogP contribution in [0.3, 0.4) is 0 Å². The molecular formula is C22H26N2O3. The van der Waals surface area contributed by atoms with Crippen LogP contribution >= 0.6 is 0 Å². The summed E-state index contributed by atoms with van der Waals surface area (Å²) in [6.45, 7) is 6.19. The Labute approximate surface area is 160 Å². The summed E-state index contributed by atoms with van der Waals surface area (Å²) in [6.07, 6.45) is 1.44. The average molecular weight is 366 g/mol. The van der Waals surface area contributed by atoms with E-state index >= 15 is 0 Å². The highest BCUT2D eigenvalue weighted by atomic mass is 16.6. The van der Waals surface area contributed by atoms with Crippen molar-refractivity contribution in [2.24, 2.45) is 5.16 Å². The number of methoxy groups -OCH3 is 1. The fraction of sp³-hybridized carbons (Fsp3) is 0.273. The quantitative estimate of drug-likeness (QED) is 0.349. The minimum Gasteiger partial charge on any atom is -0.504 e. The first-order valence-corrected chi connectivity index (χ1v) is 8.75. The number of nitrogens with one attached hydrogen (secondary N) is 1. The van der Waals surface area contributed by atoms with Gasteiger partial charge >= 0.3 is 0 Å². The van der Waals surface area contributed by atoms with Gasteiger partial charge in [-0.05, 0) is 37.5 Å². The van der Waals surface area contributed by atoms with Crippen molar-refractivity contribution in [1.82, 2.24) is 5.32 Å². The molecule has 5 heteroatoms. The zero-order chi connectivity index (χ0) is 19.8. The molecule has 1 N–H and O–H groups in total. The van der Waals surface area contributed by atoms with Gasteiger partial charge in [0.2, 0.25) is 0 Å². The summed E-state index contributed by atoms with van der Waals surface area (Å²) in [7, 11) is 3.11. The summed E-state index contributed by atoms with van der Waals surface area (Å²) in [5.41, 5.74) is 6.12. The number of hydrogen-bond donors (Lipinski definition) is 1. The Morgan fingerprint density at radius 1 is 1.15 bits per heavy atom. The fourth-order valence-corrected chi connectivity index (χ4v) is 2.68. The van der Waals surface area contributed by atoms with Gasteiger partial charge in [-0.3, -0.25) is 4.79 Å². The summed E-state index contributed by atoms with van der Waals surface area (Å²) in [5, 5.41) is 6.88.